The lowest BCUT2D eigenvalue weighted by Gasteiger charge is -2.18. The summed E-state index contributed by atoms with van der Waals surface area (Å²) in [7, 11) is 1.64. The van der Waals surface area contributed by atoms with Crippen LogP contribution in [0, 0.1) is 13.8 Å². The fourth-order valence-electron chi connectivity index (χ4n) is 3.27. The number of amides is 1. The number of hydrogen-bond acceptors (Lipinski definition) is 2. The van der Waals surface area contributed by atoms with Crippen LogP contribution < -0.4 is 0 Å². The smallest absolute Gasteiger partial charge is 0.342 e. The molecule has 0 aliphatic rings. The van der Waals surface area contributed by atoms with Gasteiger partial charge in [0.05, 0.1) is 23.4 Å². The molecule has 0 N–H and O–H groups in total. The van der Waals surface area contributed by atoms with Crippen molar-refractivity contribution in [2.75, 3.05) is 7.05 Å². The maximum Gasteiger partial charge on any atom is 0.416 e. The SMILES string of the molecule is Cc1cc(C(=O)N(C)Cc2ccc(C(F)(F)F)cc2)c(C)n1Cc1ccccn1. The summed E-state index contributed by atoms with van der Waals surface area (Å²) in [6.45, 7) is 4.60. The maximum atomic E-state index is 12.9. The number of nitrogens with zero attached hydrogens (tertiary/aromatic N) is 3. The molecule has 29 heavy (non-hydrogen) atoms. The van der Waals surface area contributed by atoms with Gasteiger partial charge in [-0.05, 0) is 49.7 Å². The van der Waals surface area contributed by atoms with Gasteiger partial charge in [-0.15, -0.1) is 0 Å². The minimum absolute atomic E-state index is 0.176. The molecule has 3 aromatic rings. The van der Waals surface area contributed by atoms with E-state index in [9.17, 15) is 18.0 Å². The van der Waals surface area contributed by atoms with Crippen LogP contribution in [0.2, 0.25) is 0 Å². The zero-order chi connectivity index (χ0) is 21.2. The zero-order valence-electron chi connectivity index (χ0n) is 16.5. The Labute approximate surface area is 167 Å². The lowest BCUT2D eigenvalue weighted by atomic mass is 10.1. The molecule has 1 amide bonds. The fraction of sp³-hybridized carbons (Fsp3) is 0.273. The second kappa shape index (κ2) is 8.11. The van der Waals surface area contributed by atoms with Crippen LogP contribution in [0.5, 0.6) is 0 Å². The summed E-state index contributed by atoms with van der Waals surface area (Å²) >= 11 is 0. The molecule has 4 nitrogen and oxygen atoms in total. The average Bonchev–Trinajstić information content (AvgIpc) is 2.96. The van der Waals surface area contributed by atoms with Crippen molar-refractivity contribution in [3.63, 3.8) is 0 Å². The third kappa shape index (κ3) is 4.67. The first kappa shape index (κ1) is 20.6. The van der Waals surface area contributed by atoms with E-state index in [0.29, 0.717) is 17.7 Å². The van der Waals surface area contributed by atoms with E-state index in [0.717, 1.165) is 29.2 Å². The topological polar surface area (TPSA) is 38.1 Å². The maximum absolute atomic E-state index is 12.9. The Kier molecular flexibility index (Phi) is 5.77. The third-order valence-corrected chi connectivity index (χ3v) is 4.90. The van der Waals surface area contributed by atoms with Gasteiger partial charge in [-0.3, -0.25) is 9.78 Å². The molecule has 7 heteroatoms. The Morgan fingerprint density at radius 2 is 1.79 bits per heavy atom. The number of pyridine rings is 1. The molecule has 0 saturated heterocycles. The largest absolute Gasteiger partial charge is 0.416 e. The van der Waals surface area contributed by atoms with Crippen LogP contribution in [0.4, 0.5) is 13.2 Å². The van der Waals surface area contributed by atoms with Crippen molar-refractivity contribution in [3.8, 4) is 0 Å². The van der Waals surface area contributed by atoms with Crippen LogP contribution in [0.15, 0.2) is 54.7 Å². The molecule has 1 aromatic carbocycles. The Hall–Kier alpha value is -3.09. The molecule has 0 aliphatic heterocycles. The Morgan fingerprint density at radius 3 is 2.38 bits per heavy atom. The minimum atomic E-state index is -4.37. The van der Waals surface area contributed by atoms with Gasteiger partial charge in [0, 0.05) is 31.2 Å². The average molecular weight is 401 g/mol. The summed E-state index contributed by atoms with van der Waals surface area (Å²) in [6.07, 6.45) is -2.64. The van der Waals surface area contributed by atoms with Crippen molar-refractivity contribution >= 4 is 5.91 Å². The van der Waals surface area contributed by atoms with Crippen LogP contribution in [0.3, 0.4) is 0 Å². The minimum Gasteiger partial charge on any atom is -0.342 e. The van der Waals surface area contributed by atoms with E-state index in [4.69, 9.17) is 0 Å². The Balaban J connectivity index is 1.75. The number of halogens is 3. The molecule has 0 radical (unpaired) electrons. The molecular weight excluding hydrogens is 379 g/mol. The normalized spacial score (nSPS) is 11.5. The van der Waals surface area contributed by atoms with Crippen LogP contribution in [-0.2, 0) is 19.3 Å². The second-order valence-corrected chi connectivity index (χ2v) is 7.05. The highest BCUT2D eigenvalue weighted by atomic mass is 19.4. The number of aryl methyl sites for hydroxylation is 1. The monoisotopic (exact) mass is 401 g/mol. The van der Waals surface area contributed by atoms with E-state index in [-0.39, 0.29) is 12.5 Å². The van der Waals surface area contributed by atoms with Crippen molar-refractivity contribution in [2.45, 2.75) is 33.1 Å². The van der Waals surface area contributed by atoms with Crippen molar-refractivity contribution in [3.05, 3.63) is 88.5 Å². The zero-order valence-corrected chi connectivity index (χ0v) is 16.5. The van der Waals surface area contributed by atoms with Gasteiger partial charge in [0.2, 0.25) is 0 Å². The first-order valence-corrected chi connectivity index (χ1v) is 9.15. The van der Waals surface area contributed by atoms with Crippen molar-refractivity contribution in [2.24, 2.45) is 0 Å². The van der Waals surface area contributed by atoms with Crippen molar-refractivity contribution in [1.29, 1.82) is 0 Å². The number of carbonyl (C=O) groups excluding carboxylic acids is 1. The predicted molar refractivity (Wildman–Crippen MR) is 104 cm³/mol. The molecule has 0 atom stereocenters. The highest BCUT2D eigenvalue weighted by Crippen LogP contribution is 2.29. The number of carbonyl (C=O) groups is 1. The standard InChI is InChI=1S/C22H22F3N3O/c1-15-12-20(16(2)28(15)14-19-6-4-5-11-26-19)21(29)27(3)13-17-7-9-18(10-8-17)22(23,24)25/h4-12H,13-14H2,1-3H3. The first-order chi connectivity index (χ1) is 13.7. The second-order valence-electron chi connectivity index (χ2n) is 7.05. The van der Waals surface area contributed by atoms with E-state index in [1.807, 2.05) is 42.7 Å². The van der Waals surface area contributed by atoms with E-state index in [1.165, 1.54) is 17.0 Å². The summed E-state index contributed by atoms with van der Waals surface area (Å²) in [5, 5.41) is 0. The van der Waals surface area contributed by atoms with Gasteiger partial charge in [0.25, 0.3) is 5.91 Å². The van der Waals surface area contributed by atoms with Gasteiger partial charge in [-0.1, -0.05) is 18.2 Å². The van der Waals surface area contributed by atoms with Gasteiger partial charge in [-0.2, -0.15) is 13.2 Å². The number of rotatable bonds is 5. The van der Waals surface area contributed by atoms with Crippen molar-refractivity contribution in [1.82, 2.24) is 14.5 Å². The van der Waals surface area contributed by atoms with E-state index in [1.54, 1.807) is 13.2 Å². The molecular formula is C22H22F3N3O. The molecule has 0 unspecified atom stereocenters. The fourth-order valence-corrected chi connectivity index (χ4v) is 3.27. The molecule has 152 valence electrons. The first-order valence-electron chi connectivity index (χ1n) is 9.15. The lowest BCUT2D eigenvalue weighted by molar-refractivity contribution is -0.137. The third-order valence-electron chi connectivity index (χ3n) is 4.90. The molecule has 3 rings (SSSR count). The number of aromatic nitrogens is 2. The summed E-state index contributed by atoms with van der Waals surface area (Å²) in [5.41, 5.74) is 3.18. The van der Waals surface area contributed by atoms with Crippen LogP contribution in [0.1, 0.15) is 38.6 Å². The van der Waals surface area contributed by atoms with Gasteiger partial charge >= 0.3 is 6.18 Å². The molecule has 2 aromatic heterocycles. The summed E-state index contributed by atoms with van der Waals surface area (Å²) < 4.78 is 40.1. The van der Waals surface area contributed by atoms with Crippen LogP contribution >= 0.6 is 0 Å². The molecule has 0 spiro atoms. The van der Waals surface area contributed by atoms with E-state index >= 15 is 0 Å². The van der Waals surface area contributed by atoms with Gasteiger partial charge in [0.15, 0.2) is 0 Å². The molecule has 0 fully saturated rings. The van der Waals surface area contributed by atoms with E-state index in [2.05, 4.69) is 4.98 Å². The summed E-state index contributed by atoms with van der Waals surface area (Å²) in [5.74, 6) is -0.176. The molecule has 0 saturated carbocycles. The van der Waals surface area contributed by atoms with Gasteiger partial charge in [-0.25, -0.2) is 0 Å². The summed E-state index contributed by atoms with van der Waals surface area (Å²) in [6, 6.07) is 12.4. The van der Waals surface area contributed by atoms with E-state index < -0.39 is 11.7 Å². The summed E-state index contributed by atoms with van der Waals surface area (Å²) in [4.78, 5) is 18.8. The lowest BCUT2D eigenvalue weighted by Crippen LogP contribution is -2.26. The number of alkyl halides is 3. The highest BCUT2D eigenvalue weighted by molar-refractivity contribution is 5.95. The van der Waals surface area contributed by atoms with Crippen LogP contribution in [-0.4, -0.2) is 27.4 Å². The Morgan fingerprint density at radius 1 is 1.10 bits per heavy atom. The van der Waals surface area contributed by atoms with Gasteiger partial charge < -0.3 is 9.47 Å². The number of benzene rings is 1. The predicted octanol–water partition coefficient (Wildman–Crippen LogP) is 4.84. The molecule has 0 bridgehead atoms. The molecule has 2 heterocycles. The van der Waals surface area contributed by atoms with Crippen LogP contribution in [0.25, 0.3) is 0 Å². The van der Waals surface area contributed by atoms with Gasteiger partial charge in [0.1, 0.15) is 0 Å². The highest BCUT2D eigenvalue weighted by Gasteiger charge is 2.30. The quantitative estimate of drug-likeness (QED) is 0.614. The van der Waals surface area contributed by atoms with Crippen molar-refractivity contribution < 1.29 is 18.0 Å². The molecule has 0 aliphatic carbocycles. The Bertz CT molecular complexity index is 993. The number of hydrogen-bond donors (Lipinski definition) is 0.